The molecule has 3 aromatic carbocycles. The first kappa shape index (κ1) is 16.0. The third kappa shape index (κ3) is 3.88. The van der Waals surface area contributed by atoms with Gasteiger partial charge in [-0.05, 0) is 48.5 Å². The molecule has 0 aliphatic heterocycles. The van der Waals surface area contributed by atoms with E-state index in [1.807, 2.05) is 42.5 Å². The Morgan fingerprint density at radius 2 is 1.75 bits per heavy atom. The number of rotatable bonds is 4. The summed E-state index contributed by atoms with van der Waals surface area (Å²) in [6, 6.07) is 21.4. The lowest BCUT2D eigenvalue weighted by atomic mass is 10.2. The monoisotopic (exact) mass is 336 g/mol. The molecule has 0 heterocycles. The van der Waals surface area contributed by atoms with Gasteiger partial charge in [0.1, 0.15) is 5.75 Å². The van der Waals surface area contributed by atoms with Crippen molar-refractivity contribution in [2.75, 3.05) is 11.1 Å². The molecule has 0 spiro atoms. The highest BCUT2D eigenvalue weighted by Gasteiger charge is 2.10. The van der Waals surface area contributed by atoms with Crippen LogP contribution in [0.4, 0.5) is 11.4 Å². The second-order valence-corrected chi connectivity index (χ2v) is 6.29. The van der Waals surface area contributed by atoms with Gasteiger partial charge in [-0.15, -0.1) is 0 Å². The van der Waals surface area contributed by atoms with Crippen LogP contribution >= 0.6 is 11.8 Å². The summed E-state index contributed by atoms with van der Waals surface area (Å²) >= 11 is 1.44. The van der Waals surface area contributed by atoms with Gasteiger partial charge >= 0.3 is 0 Å². The number of phenolic OH excluding ortho intramolecular Hbond substituents is 1. The van der Waals surface area contributed by atoms with E-state index in [1.165, 1.54) is 11.8 Å². The van der Waals surface area contributed by atoms with Crippen molar-refractivity contribution in [1.29, 1.82) is 0 Å². The van der Waals surface area contributed by atoms with Gasteiger partial charge < -0.3 is 16.2 Å². The molecule has 0 bridgehead atoms. The van der Waals surface area contributed by atoms with E-state index in [0.717, 1.165) is 15.5 Å². The summed E-state index contributed by atoms with van der Waals surface area (Å²) in [7, 11) is 0. The molecule has 0 saturated heterocycles. The fourth-order valence-electron chi connectivity index (χ4n) is 2.18. The van der Waals surface area contributed by atoms with Gasteiger partial charge in [-0.25, -0.2) is 0 Å². The van der Waals surface area contributed by atoms with E-state index in [9.17, 15) is 9.90 Å². The van der Waals surface area contributed by atoms with E-state index in [4.69, 9.17) is 5.73 Å². The predicted molar refractivity (Wildman–Crippen MR) is 97.5 cm³/mol. The standard InChI is InChI=1S/C19H16N2O2S/c20-17-11-13(19(23)21-14-5-2-1-3-6-14)9-10-18(17)24-16-8-4-7-15(22)12-16/h1-12,22H,20H2,(H,21,23). The Morgan fingerprint density at radius 1 is 0.958 bits per heavy atom. The predicted octanol–water partition coefficient (Wildman–Crippen LogP) is 4.38. The van der Waals surface area contributed by atoms with E-state index >= 15 is 0 Å². The largest absolute Gasteiger partial charge is 0.508 e. The lowest BCUT2D eigenvalue weighted by molar-refractivity contribution is 0.102. The van der Waals surface area contributed by atoms with Crippen molar-refractivity contribution in [3.8, 4) is 5.75 Å². The number of benzene rings is 3. The number of amides is 1. The fraction of sp³-hybridized carbons (Fsp3) is 0. The minimum Gasteiger partial charge on any atom is -0.508 e. The van der Waals surface area contributed by atoms with Crippen LogP contribution < -0.4 is 11.1 Å². The Hall–Kier alpha value is -2.92. The minimum atomic E-state index is -0.207. The quantitative estimate of drug-likeness (QED) is 0.618. The molecular weight excluding hydrogens is 320 g/mol. The molecule has 120 valence electrons. The maximum absolute atomic E-state index is 12.3. The number of nitrogen functional groups attached to an aromatic ring is 1. The molecule has 1 amide bonds. The Labute approximate surface area is 144 Å². The average molecular weight is 336 g/mol. The van der Waals surface area contributed by atoms with Crippen LogP contribution in [0.3, 0.4) is 0 Å². The lowest BCUT2D eigenvalue weighted by Gasteiger charge is -2.09. The molecule has 3 rings (SSSR count). The zero-order chi connectivity index (χ0) is 16.9. The molecule has 0 saturated carbocycles. The molecule has 0 aromatic heterocycles. The average Bonchev–Trinajstić information content (AvgIpc) is 2.57. The van der Waals surface area contributed by atoms with Crippen molar-refractivity contribution in [1.82, 2.24) is 0 Å². The topological polar surface area (TPSA) is 75.4 Å². The van der Waals surface area contributed by atoms with Gasteiger partial charge in [-0.3, -0.25) is 4.79 Å². The zero-order valence-electron chi connectivity index (χ0n) is 12.8. The summed E-state index contributed by atoms with van der Waals surface area (Å²) in [5.74, 6) is -0.000707. The summed E-state index contributed by atoms with van der Waals surface area (Å²) in [5, 5.41) is 12.3. The molecule has 0 aliphatic carbocycles. The molecule has 4 N–H and O–H groups in total. The van der Waals surface area contributed by atoms with Crippen molar-refractivity contribution in [2.24, 2.45) is 0 Å². The van der Waals surface area contributed by atoms with Crippen molar-refractivity contribution in [2.45, 2.75) is 9.79 Å². The van der Waals surface area contributed by atoms with Gasteiger partial charge in [0.2, 0.25) is 0 Å². The van der Waals surface area contributed by atoms with Crippen molar-refractivity contribution in [3.63, 3.8) is 0 Å². The highest BCUT2D eigenvalue weighted by molar-refractivity contribution is 7.99. The molecule has 4 nitrogen and oxygen atoms in total. The SMILES string of the molecule is Nc1cc(C(=O)Nc2ccccc2)ccc1Sc1cccc(O)c1. The Bertz CT molecular complexity index is 866. The van der Waals surface area contributed by atoms with Crippen LogP contribution in [0.1, 0.15) is 10.4 Å². The number of phenols is 1. The van der Waals surface area contributed by atoms with Crippen LogP contribution in [0.25, 0.3) is 0 Å². The van der Waals surface area contributed by atoms with Crippen LogP contribution in [-0.2, 0) is 0 Å². The van der Waals surface area contributed by atoms with Gasteiger partial charge in [0.05, 0.1) is 0 Å². The minimum absolute atomic E-state index is 0.206. The third-order valence-electron chi connectivity index (χ3n) is 3.35. The first-order valence-corrected chi connectivity index (χ1v) is 8.16. The number of carbonyl (C=O) groups excluding carboxylic acids is 1. The summed E-state index contributed by atoms with van der Waals surface area (Å²) in [5.41, 5.74) is 7.83. The number of hydrogen-bond donors (Lipinski definition) is 3. The van der Waals surface area contributed by atoms with E-state index in [1.54, 1.807) is 30.3 Å². The van der Waals surface area contributed by atoms with Crippen molar-refractivity contribution in [3.05, 3.63) is 78.4 Å². The van der Waals surface area contributed by atoms with Gasteiger partial charge in [0.15, 0.2) is 0 Å². The second kappa shape index (κ2) is 7.10. The number of carbonyl (C=O) groups is 1. The molecule has 0 aliphatic rings. The molecule has 0 unspecified atom stereocenters. The maximum atomic E-state index is 12.3. The first-order chi connectivity index (χ1) is 11.6. The highest BCUT2D eigenvalue weighted by Crippen LogP contribution is 2.34. The van der Waals surface area contributed by atoms with Crippen LogP contribution in [0.2, 0.25) is 0 Å². The van der Waals surface area contributed by atoms with Crippen LogP contribution in [0.15, 0.2) is 82.6 Å². The summed E-state index contributed by atoms with van der Waals surface area (Å²) in [4.78, 5) is 14.0. The Kier molecular flexibility index (Phi) is 4.72. The molecule has 0 fully saturated rings. The van der Waals surface area contributed by atoms with Crippen LogP contribution in [0, 0.1) is 0 Å². The smallest absolute Gasteiger partial charge is 0.255 e. The molecule has 0 atom stereocenters. The van der Waals surface area contributed by atoms with Gasteiger partial charge in [-0.2, -0.15) is 0 Å². The maximum Gasteiger partial charge on any atom is 0.255 e. The number of hydrogen-bond acceptors (Lipinski definition) is 4. The van der Waals surface area contributed by atoms with Crippen LogP contribution in [-0.4, -0.2) is 11.0 Å². The summed E-state index contributed by atoms with van der Waals surface area (Å²) in [6.07, 6.45) is 0. The molecule has 0 radical (unpaired) electrons. The van der Waals surface area contributed by atoms with E-state index in [0.29, 0.717) is 11.3 Å². The number of aromatic hydroxyl groups is 1. The molecule has 24 heavy (non-hydrogen) atoms. The third-order valence-corrected chi connectivity index (χ3v) is 4.43. The first-order valence-electron chi connectivity index (χ1n) is 7.34. The van der Waals surface area contributed by atoms with E-state index in [2.05, 4.69) is 5.32 Å². The second-order valence-electron chi connectivity index (χ2n) is 5.17. The Balaban J connectivity index is 1.76. The van der Waals surface area contributed by atoms with Crippen molar-refractivity contribution < 1.29 is 9.90 Å². The van der Waals surface area contributed by atoms with Gasteiger partial charge in [-0.1, -0.05) is 36.0 Å². The summed E-state index contributed by atoms with van der Waals surface area (Å²) < 4.78 is 0. The van der Waals surface area contributed by atoms with E-state index in [-0.39, 0.29) is 11.7 Å². The number of nitrogens with one attached hydrogen (secondary N) is 1. The number of anilines is 2. The van der Waals surface area contributed by atoms with Crippen LogP contribution in [0.5, 0.6) is 5.75 Å². The molecule has 5 heteroatoms. The lowest BCUT2D eigenvalue weighted by Crippen LogP contribution is -2.12. The summed E-state index contributed by atoms with van der Waals surface area (Å²) in [6.45, 7) is 0. The van der Waals surface area contributed by atoms with Gasteiger partial charge in [0.25, 0.3) is 5.91 Å². The normalized spacial score (nSPS) is 10.3. The number of para-hydroxylation sites is 1. The number of nitrogens with two attached hydrogens (primary N) is 1. The zero-order valence-corrected chi connectivity index (χ0v) is 13.6. The Morgan fingerprint density at radius 3 is 2.46 bits per heavy atom. The highest BCUT2D eigenvalue weighted by atomic mass is 32.2. The van der Waals surface area contributed by atoms with Crippen molar-refractivity contribution >= 4 is 29.0 Å². The molecule has 3 aromatic rings. The fourth-order valence-corrected chi connectivity index (χ4v) is 3.07. The van der Waals surface area contributed by atoms with Gasteiger partial charge in [0, 0.05) is 26.7 Å². The molecular formula is C19H16N2O2S. The van der Waals surface area contributed by atoms with E-state index < -0.39 is 0 Å².